The Bertz CT molecular complexity index is 590. The topological polar surface area (TPSA) is 46.3 Å². The van der Waals surface area contributed by atoms with Gasteiger partial charge >= 0.3 is 0 Å². The van der Waals surface area contributed by atoms with Gasteiger partial charge in [0.1, 0.15) is 0 Å². The van der Waals surface area contributed by atoms with Gasteiger partial charge in [-0.1, -0.05) is 5.16 Å². The summed E-state index contributed by atoms with van der Waals surface area (Å²) in [6.45, 7) is 3.34. The molecule has 1 aromatic heterocycles. The fraction of sp³-hybridized carbons (Fsp3) is 0.333. The SMILES string of the molecule is CC(=O)c1ccc2c(c1)CCCN2Cc1ccno1. The molecule has 1 aromatic carbocycles. The monoisotopic (exact) mass is 256 g/mol. The first-order valence-electron chi connectivity index (χ1n) is 6.52. The van der Waals surface area contributed by atoms with E-state index in [-0.39, 0.29) is 5.78 Å². The summed E-state index contributed by atoms with van der Waals surface area (Å²) < 4.78 is 5.17. The summed E-state index contributed by atoms with van der Waals surface area (Å²) in [5.41, 5.74) is 3.24. The molecule has 0 radical (unpaired) electrons. The van der Waals surface area contributed by atoms with Crippen LogP contribution in [0.3, 0.4) is 0 Å². The number of aromatic nitrogens is 1. The van der Waals surface area contributed by atoms with Gasteiger partial charge in [-0.3, -0.25) is 4.79 Å². The lowest BCUT2D eigenvalue weighted by atomic mass is 9.98. The van der Waals surface area contributed by atoms with Gasteiger partial charge in [0.15, 0.2) is 11.5 Å². The molecule has 0 bridgehead atoms. The van der Waals surface area contributed by atoms with Crippen molar-refractivity contribution in [2.45, 2.75) is 26.3 Å². The fourth-order valence-corrected chi connectivity index (χ4v) is 2.57. The Balaban J connectivity index is 1.89. The molecule has 2 aromatic rings. The average Bonchev–Trinajstić information content (AvgIpc) is 2.91. The van der Waals surface area contributed by atoms with Crippen molar-refractivity contribution in [3.8, 4) is 0 Å². The minimum atomic E-state index is 0.121. The molecule has 0 amide bonds. The molecule has 0 saturated carbocycles. The van der Waals surface area contributed by atoms with Crippen molar-refractivity contribution in [3.63, 3.8) is 0 Å². The number of hydrogen-bond acceptors (Lipinski definition) is 4. The third-order valence-electron chi connectivity index (χ3n) is 3.54. The van der Waals surface area contributed by atoms with Crippen molar-refractivity contribution in [2.75, 3.05) is 11.4 Å². The largest absolute Gasteiger partial charge is 0.364 e. The second kappa shape index (κ2) is 4.88. The van der Waals surface area contributed by atoms with Crippen molar-refractivity contribution in [3.05, 3.63) is 47.3 Å². The van der Waals surface area contributed by atoms with Gasteiger partial charge in [-0.15, -0.1) is 0 Å². The summed E-state index contributed by atoms with van der Waals surface area (Å²) in [6.07, 6.45) is 3.80. The third kappa shape index (κ3) is 2.38. The smallest absolute Gasteiger partial charge is 0.159 e. The van der Waals surface area contributed by atoms with E-state index in [1.54, 1.807) is 13.1 Å². The first-order chi connectivity index (χ1) is 9.24. The number of fused-ring (bicyclic) bond motifs is 1. The molecule has 1 aliphatic heterocycles. The van der Waals surface area contributed by atoms with E-state index in [1.807, 2.05) is 24.3 Å². The lowest BCUT2D eigenvalue weighted by Gasteiger charge is -2.30. The van der Waals surface area contributed by atoms with Crippen LogP contribution < -0.4 is 4.90 Å². The lowest BCUT2D eigenvalue weighted by molar-refractivity contribution is 0.101. The number of Topliss-reactive ketones (excluding diaryl/α,β-unsaturated/α-hetero) is 1. The van der Waals surface area contributed by atoms with E-state index >= 15 is 0 Å². The Labute approximate surface area is 112 Å². The summed E-state index contributed by atoms with van der Waals surface area (Å²) >= 11 is 0. The molecule has 1 aliphatic rings. The number of carbonyl (C=O) groups excluding carboxylic acids is 1. The minimum Gasteiger partial charge on any atom is -0.364 e. The normalized spacial score (nSPS) is 14.3. The number of ketones is 1. The average molecular weight is 256 g/mol. The molecule has 0 N–H and O–H groups in total. The lowest BCUT2D eigenvalue weighted by Crippen LogP contribution is -2.28. The summed E-state index contributed by atoms with van der Waals surface area (Å²) in [7, 11) is 0. The first kappa shape index (κ1) is 12.0. The molecule has 0 atom stereocenters. The second-order valence-corrected chi connectivity index (χ2v) is 4.90. The molecular weight excluding hydrogens is 240 g/mol. The maximum Gasteiger partial charge on any atom is 0.159 e. The predicted octanol–water partition coefficient (Wildman–Crippen LogP) is 2.83. The van der Waals surface area contributed by atoms with Gasteiger partial charge in [0.25, 0.3) is 0 Å². The highest BCUT2D eigenvalue weighted by Crippen LogP contribution is 2.29. The van der Waals surface area contributed by atoms with Gasteiger partial charge in [-0.25, -0.2) is 0 Å². The van der Waals surface area contributed by atoms with Crippen LogP contribution in [0.2, 0.25) is 0 Å². The molecule has 2 heterocycles. The van der Waals surface area contributed by atoms with E-state index in [2.05, 4.69) is 10.1 Å². The molecule has 4 nitrogen and oxygen atoms in total. The second-order valence-electron chi connectivity index (χ2n) is 4.90. The molecule has 0 fully saturated rings. The van der Waals surface area contributed by atoms with Gasteiger partial charge in [0, 0.05) is 23.9 Å². The van der Waals surface area contributed by atoms with Crippen LogP contribution in [-0.4, -0.2) is 17.5 Å². The van der Waals surface area contributed by atoms with E-state index in [9.17, 15) is 4.79 Å². The van der Waals surface area contributed by atoms with Crippen LogP contribution in [0.25, 0.3) is 0 Å². The van der Waals surface area contributed by atoms with Gasteiger partial charge in [0.05, 0.1) is 12.7 Å². The van der Waals surface area contributed by atoms with E-state index in [0.717, 1.165) is 37.3 Å². The van der Waals surface area contributed by atoms with Crippen molar-refractivity contribution in [2.24, 2.45) is 0 Å². The number of benzene rings is 1. The molecule has 0 saturated heterocycles. The summed E-state index contributed by atoms with van der Waals surface area (Å²) in [4.78, 5) is 13.7. The van der Waals surface area contributed by atoms with Crippen molar-refractivity contribution < 1.29 is 9.32 Å². The summed E-state index contributed by atoms with van der Waals surface area (Å²) in [6, 6.07) is 7.85. The first-order valence-corrected chi connectivity index (χ1v) is 6.52. The Hall–Kier alpha value is -2.10. The van der Waals surface area contributed by atoms with Crippen LogP contribution in [0, 0.1) is 0 Å². The zero-order valence-electron chi connectivity index (χ0n) is 10.9. The van der Waals surface area contributed by atoms with E-state index in [1.165, 1.54) is 11.3 Å². The van der Waals surface area contributed by atoms with Crippen molar-refractivity contribution in [1.82, 2.24) is 5.16 Å². The molecule has 98 valence electrons. The molecular formula is C15H16N2O2. The van der Waals surface area contributed by atoms with Gasteiger partial charge < -0.3 is 9.42 Å². The fourth-order valence-electron chi connectivity index (χ4n) is 2.57. The minimum absolute atomic E-state index is 0.121. The van der Waals surface area contributed by atoms with Crippen molar-refractivity contribution >= 4 is 11.5 Å². The number of anilines is 1. The highest BCUT2D eigenvalue weighted by molar-refractivity contribution is 5.94. The van der Waals surface area contributed by atoms with Crippen LogP contribution >= 0.6 is 0 Å². The van der Waals surface area contributed by atoms with E-state index in [4.69, 9.17) is 4.52 Å². The predicted molar refractivity (Wildman–Crippen MR) is 72.3 cm³/mol. The van der Waals surface area contributed by atoms with E-state index in [0.29, 0.717) is 0 Å². The molecule has 0 spiro atoms. The zero-order valence-corrected chi connectivity index (χ0v) is 10.9. The number of rotatable bonds is 3. The number of nitrogens with zero attached hydrogens (tertiary/aromatic N) is 2. The maximum absolute atomic E-state index is 11.4. The Morgan fingerprint density at radius 2 is 2.32 bits per heavy atom. The Morgan fingerprint density at radius 3 is 3.05 bits per heavy atom. The van der Waals surface area contributed by atoms with Crippen LogP contribution in [-0.2, 0) is 13.0 Å². The van der Waals surface area contributed by atoms with Gasteiger partial charge in [0.2, 0.25) is 0 Å². The molecule has 0 aliphatic carbocycles. The Morgan fingerprint density at radius 1 is 1.42 bits per heavy atom. The standard InChI is InChI=1S/C15H16N2O2/c1-11(18)12-4-5-15-13(9-12)3-2-8-17(15)10-14-6-7-16-19-14/h4-7,9H,2-3,8,10H2,1H3. The van der Waals surface area contributed by atoms with Crippen molar-refractivity contribution in [1.29, 1.82) is 0 Å². The van der Waals surface area contributed by atoms with Crippen LogP contribution in [0.4, 0.5) is 5.69 Å². The van der Waals surface area contributed by atoms with Crippen LogP contribution in [0.5, 0.6) is 0 Å². The third-order valence-corrected chi connectivity index (χ3v) is 3.54. The summed E-state index contributed by atoms with van der Waals surface area (Å²) in [5, 5.41) is 3.73. The Kier molecular flexibility index (Phi) is 3.07. The van der Waals surface area contributed by atoms with Crippen LogP contribution in [0.1, 0.15) is 35.0 Å². The molecule has 3 rings (SSSR count). The van der Waals surface area contributed by atoms with E-state index < -0.39 is 0 Å². The zero-order chi connectivity index (χ0) is 13.2. The molecule has 0 unspecified atom stereocenters. The highest BCUT2D eigenvalue weighted by Gasteiger charge is 2.18. The highest BCUT2D eigenvalue weighted by atomic mass is 16.5. The number of carbonyl (C=O) groups is 1. The van der Waals surface area contributed by atoms with Crippen LogP contribution in [0.15, 0.2) is 35.0 Å². The number of aryl methyl sites for hydroxylation is 1. The van der Waals surface area contributed by atoms with Gasteiger partial charge in [-0.05, 0) is 43.5 Å². The maximum atomic E-state index is 11.4. The number of hydrogen-bond donors (Lipinski definition) is 0. The molecule has 19 heavy (non-hydrogen) atoms. The quantitative estimate of drug-likeness (QED) is 0.792. The summed E-state index contributed by atoms with van der Waals surface area (Å²) in [5.74, 6) is 0.985. The van der Waals surface area contributed by atoms with Gasteiger partial charge in [-0.2, -0.15) is 0 Å². The molecule has 4 heteroatoms.